The Morgan fingerprint density at radius 3 is 2.77 bits per heavy atom. The van der Waals surface area contributed by atoms with E-state index in [-0.39, 0.29) is 0 Å². The van der Waals surface area contributed by atoms with Crippen LogP contribution in [0.3, 0.4) is 0 Å². The molecule has 1 aromatic rings. The van der Waals surface area contributed by atoms with E-state index < -0.39 is 0 Å². The molecule has 0 aromatic carbocycles. The van der Waals surface area contributed by atoms with Gasteiger partial charge in [0.1, 0.15) is 5.82 Å². The molecule has 0 spiro atoms. The van der Waals surface area contributed by atoms with Crippen molar-refractivity contribution >= 4 is 34.9 Å². The highest BCUT2D eigenvalue weighted by atomic mass is 32.2. The average molecular weight is 213 g/mol. The predicted octanol–water partition coefficient (Wildman–Crippen LogP) is 1.72. The molecule has 1 heterocycles. The van der Waals surface area contributed by atoms with Crippen molar-refractivity contribution in [2.24, 2.45) is 0 Å². The van der Waals surface area contributed by atoms with Crippen molar-refractivity contribution in [1.29, 1.82) is 0 Å². The highest BCUT2D eigenvalue weighted by Gasteiger charge is 1.95. The van der Waals surface area contributed by atoms with Crippen molar-refractivity contribution in [3.63, 3.8) is 0 Å². The zero-order valence-electron chi connectivity index (χ0n) is 7.50. The lowest BCUT2D eigenvalue weighted by Gasteiger charge is -2.05. The molecule has 0 fully saturated rings. The van der Waals surface area contributed by atoms with Gasteiger partial charge < -0.3 is 10.6 Å². The Hall–Kier alpha value is -0.810. The standard InChI is InChI=1S/C8H11N3S2/c1-9-8(12)11-7-4-3-6(13-2)5-10-7/h3-5H,1-2H3,(H2,9,10,11,12). The van der Waals surface area contributed by atoms with Crippen molar-refractivity contribution in [1.82, 2.24) is 10.3 Å². The molecule has 2 N–H and O–H groups in total. The number of pyridine rings is 1. The summed E-state index contributed by atoms with van der Waals surface area (Å²) in [5.41, 5.74) is 0. The summed E-state index contributed by atoms with van der Waals surface area (Å²) in [4.78, 5) is 5.32. The van der Waals surface area contributed by atoms with Crippen LogP contribution in [0.1, 0.15) is 0 Å². The Bertz CT molecular complexity index is 284. The number of nitrogens with zero attached hydrogens (tertiary/aromatic N) is 1. The van der Waals surface area contributed by atoms with E-state index in [1.807, 2.05) is 24.6 Å². The molecular formula is C8H11N3S2. The molecule has 3 nitrogen and oxygen atoms in total. The molecule has 1 rings (SSSR count). The molecule has 0 bridgehead atoms. The lowest BCUT2D eigenvalue weighted by atomic mass is 10.4. The molecular weight excluding hydrogens is 202 g/mol. The Labute approximate surface area is 87.3 Å². The number of anilines is 1. The fourth-order valence-electron chi connectivity index (χ4n) is 0.754. The van der Waals surface area contributed by atoms with E-state index in [4.69, 9.17) is 12.2 Å². The summed E-state index contributed by atoms with van der Waals surface area (Å²) >= 11 is 6.59. The maximum Gasteiger partial charge on any atom is 0.171 e. The quantitative estimate of drug-likeness (QED) is 0.578. The third-order valence-corrected chi connectivity index (χ3v) is 2.46. The van der Waals surface area contributed by atoms with E-state index in [1.165, 1.54) is 0 Å². The minimum absolute atomic E-state index is 0.574. The molecule has 0 atom stereocenters. The van der Waals surface area contributed by atoms with Gasteiger partial charge in [-0.05, 0) is 30.6 Å². The zero-order valence-corrected chi connectivity index (χ0v) is 9.13. The minimum Gasteiger partial charge on any atom is -0.365 e. The summed E-state index contributed by atoms with van der Waals surface area (Å²) < 4.78 is 0. The van der Waals surface area contributed by atoms with E-state index in [0.29, 0.717) is 5.11 Å². The minimum atomic E-state index is 0.574. The van der Waals surface area contributed by atoms with Gasteiger partial charge in [-0.2, -0.15) is 0 Å². The molecule has 1 aromatic heterocycles. The van der Waals surface area contributed by atoms with Gasteiger partial charge in [-0.15, -0.1) is 11.8 Å². The maximum absolute atomic E-state index is 4.93. The largest absolute Gasteiger partial charge is 0.365 e. The summed E-state index contributed by atoms with van der Waals surface area (Å²) in [6.07, 6.45) is 3.83. The third kappa shape index (κ3) is 3.20. The van der Waals surface area contributed by atoms with Gasteiger partial charge in [-0.3, -0.25) is 0 Å². The van der Waals surface area contributed by atoms with Crippen LogP contribution in [0.25, 0.3) is 0 Å². The van der Waals surface area contributed by atoms with E-state index in [9.17, 15) is 0 Å². The number of nitrogens with one attached hydrogen (secondary N) is 2. The van der Waals surface area contributed by atoms with Crippen LogP contribution in [-0.4, -0.2) is 23.4 Å². The molecule has 0 saturated carbocycles. The summed E-state index contributed by atoms with van der Waals surface area (Å²) in [6, 6.07) is 3.90. The number of rotatable bonds is 2. The first-order chi connectivity index (χ1) is 6.26. The van der Waals surface area contributed by atoms with Crippen LogP contribution in [0.5, 0.6) is 0 Å². The first kappa shape index (κ1) is 10.3. The fraction of sp³-hybridized carbons (Fsp3) is 0.250. The third-order valence-electron chi connectivity index (χ3n) is 1.44. The Morgan fingerprint density at radius 2 is 2.31 bits per heavy atom. The van der Waals surface area contributed by atoms with E-state index in [1.54, 1.807) is 18.8 Å². The maximum atomic E-state index is 4.93. The zero-order chi connectivity index (χ0) is 9.68. The first-order valence-corrected chi connectivity index (χ1v) is 5.38. The van der Waals surface area contributed by atoms with Crippen molar-refractivity contribution in [2.75, 3.05) is 18.6 Å². The van der Waals surface area contributed by atoms with Crippen LogP contribution in [0, 0.1) is 0 Å². The highest BCUT2D eigenvalue weighted by Crippen LogP contribution is 2.14. The molecule has 0 unspecified atom stereocenters. The molecule has 0 amide bonds. The average Bonchev–Trinajstić information content (AvgIpc) is 2.19. The monoisotopic (exact) mass is 213 g/mol. The fourth-order valence-corrected chi connectivity index (χ4v) is 1.22. The van der Waals surface area contributed by atoms with Crippen molar-refractivity contribution in [3.05, 3.63) is 18.3 Å². The second-order valence-electron chi connectivity index (χ2n) is 2.29. The SMILES string of the molecule is CNC(=S)Nc1ccc(SC)cn1. The molecule has 0 aliphatic heterocycles. The topological polar surface area (TPSA) is 37.0 Å². The summed E-state index contributed by atoms with van der Waals surface area (Å²) in [5.74, 6) is 0.761. The number of thioether (sulfide) groups is 1. The number of thiocarbonyl (C=S) groups is 1. The molecule has 0 saturated heterocycles. The van der Waals surface area contributed by atoms with Crippen LogP contribution in [0.2, 0.25) is 0 Å². The molecule has 70 valence electrons. The number of aromatic nitrogens is 1. The van der Waals surface area contributed by atoms with Crippen LogP contribution in [-0.2, 0) is 0 Å². The van der Waals surface area contributed by atoms with Crippen molar-refractivity contribution in [2.45, 2.75) is 4.90 Å². The molecule has 0 radical (unpaired) electrons. The van der Waals surface area contributed by atoms with Crippen molar-refractivity contribution in [3.8, 4) is 0 Å². The Morgan fingerprint density at radius 1 is 1.54 bits per heavy atom. The van der Waals surface area contributed by atoms with Gasteiger partial charge in [0.15, 0.2) is 5.11 Å². The van der Waals surface area contributed by atoms with Crippen molar-refractivity contribution < 1.29 is 0 Å². The van der Waals surface area contributed by atoms with Gasteiger partial charge in [0.05, 0.1) is 0 Å². The number of hydrogen-bond donors (Lipinski definition) is 2. The normalized spacial score (nSPS) is 9.38. The second-order valence-corrected chi connectivity index (χ2v) is 3.58. The van der Waals surface area contributed by atoms with Gasteiger partial charge in [-0.25, -0.2) is 4.98 Å². The number of hydrogen-bond acceptors (Lipinski definition) is 3. The van der Waals surface area contributed by atoms with Crippen LogP contribution in [0.15, 0.2) is 23.2 Å². The molecule has 0 aliphatic carbocycles. The van der Waals surface area contributed by atoms with Crippen LogP contribution >= 0.6 is 24.0 Å². The molecule has 5 heteroatoms. The van der Waals surface area contributed by atoms with Gasteiger partial charge in [0, 0.05) is 18.1 Å². The van der Waals surface area contributed by atoms with E-state index in [0.717, 1.165) is 10.7 Å². The Balaban J connectivity index is 2.64. The lowest BCUT2D eigenvalue weighted by molar-refractivity contribution is 1.17. The van der Waals surface area contributed by atoms with Crippen LogP contribution < -0.4 is 10.6 Å². The van der Waals surface area contributed by atoms with Gasteiger partial charge in [0.25, 0.3) is 0 Å². The molecule has 0 aliphatic rings. The van der Waals surface area contributed by atoms with Gasteiger partial charge in [-0.1, -0.05) is 0 Å². The van der Waals surface area contributed by atoms with Crippen LogP contribution in [0.4, 0.5) is 5.82 Å². The summed E-state index contributed by atoms with van der Waals surface area (Å²) in [7, 11) is 1.77. The summed E-state index contributed by atoms with van der Waals surface area (Å²) in [5, 5.41) is 6.33. The van der Waals surface area contributed by atoms with E-state index in [2.05, 4.69) is 15.6 Å². The second kappa shape index (κ2) is 5.04. The first-order valence-electron chi connectivity index (χ1n) is 3.75. The molecule has 13 heavy (non-hydrogen) atoms. The smallest absolute Gasteiger partial charge is 0.171 e. The van der Waals surface area contributed by atoms with Gasteiger partial charge >= 0.3 is 0 Å². The Kier molecular flexibility index (Phi) is 3.98. The summed E-state index contributed by atoms with van der Waals surface area (Å²) in [6.45, 7) is 0. The predicted molar refractivity (Wildman–Crippen MR) is 61.3 cm³/mol. The lowest BCUT2D eigenvalue weighted by Crippen LogP contribution is -2.24. The van der Waals surface area contributed by atoms with E-state index >= 15 is 0 Å². The van der Waals surface area contributed by atoms with Gasteiger partial charge in [0.2, 0.25) is 0 Å². The highest BCUT2D eigenvalue weighted by molar-refractivity contribution is 7.98.